The quantitative estimate of drug-likeness (QED) is 0.649. The van der Waals surface area contributed by atoms with Gasteiger partial charge >= 0.3 is 0 Å². The number of rotatable bonds is 7. The third kappa shape index (κ3) is 3.50. The highest BCUT2D eigenvalue weighted by Crippen LogP contribution is 2.60. The zero-order chi connectivity index (χ0) is 19.3. The van der Waals surface area contributed by atoms with E-state index in [0.717, 1.165) is 55.3 Å². The molecule has 0 aromatic carbocycles. The van der Waals surface area contributed by atoms with E-state index >= 15 is 0 Å². The van der Waals surface area contributed by atoms with Gasteiger partial charge in [-0.05, 0) is 107 Å². The van der Waals surface area contributed by atoms with Gasteiger partial charge in [-0.2, -0.15) is 0 Å². The minimum Gasteiger partial charge on any atom is -0.356 e. The lowest BCUT2D eigenvalue weighted by Crippen LogP contribution is -2.53. The molecule has 28 heavy (non-hydrogen) atoms. The van der Waals surface area contributed by atoms with E-state index in [1.165, 1.54) is 44.9 Å². The van der Waals surface area contributed by atoms with Crippen molar-refractivity contribution < 1.29 is 9.59 Å². The van der Waals surface area contributed by atoms with Crippen LogP contribution in [0.5, 0.6) is 0 Å². The summed E-state index contributed by atoms with van der Waals surface area (Å²) in [5, 5.41) is 6.46. The second-order valence-electron chi connectivity index (χ2n) is 11.3. The van der Waals surface area contributed by atoms with Crippen molar-refractivity contribution in [2.24, 2.45) is 40.9 Å². The molecule has 0 aromatic heterocycles. The van der Waals surface area contributed by atoms with E-state index < -0.39 is 0 Å². The SMILES string of the molecule is CC(NC(=O)CCCNC(=O)C12CC3CC(CC(C3)C1)C2)C1CC2CCC1C2. The molecule has 6 aliphatic rings. The fourth-order valence-corrected chi connectivity index (χ4v) is 8.37. The lowest BCUT2D eigenvalue weighted by molar-refractivity contribution is -0.146. The van der Waals surface area contributed by atoms with Gasteiger partial charge in [0.1, 0.15) is 0 Å². The Labute approximate surface area is 170 Å². The molecule has 4 unspecified atom stereocenters. The number of carbonyl (C=O) groups excluding carboxylic acids is 2. The van der Waals surface area contributed by atoms with Crippen LogP contribution in [0.15, 0.2) is 0 Å². The van der Waals surface area contributed by atoms with Crippen LogP contribution in [0.2, 0.25) is 0 Å². The van der Waals surface area contributed by atoms with Gasteiger partial charge < -0.3 is 10.6 Å². The summed E-state index contributed by atoms with van der Waals surface area (Å²) < 4.78 is 0. The van der Waals surface area contributed by atoms with E-state index in [2.05, 4.69) is 17.6 Å². The van der Waals surface area contributed by atoms with Gasteiger partial charge in [0, 0.05) is 24.4 Å². The fraction of sp³-hybridized carbons (Fsp3) is 0.917. The molecule has 156 valence electrons. The number of carbonyl (C=O) groups is 2. The summed E-state index contributed by atoms with van der Waals surface area (Å²) in [7, 11) is 0. The van der Waals surface area contributed by atoms with Crippen molar-refractivity contribution in [3.8, 4) is 0 Å². The first-order chi connectivity index (χ1) is 13.5. The highest BCUT2D eigenvalue weighted by atomic mass is 16.2. The first-order valence-electron chi connectivity index (χ1n) is 12.1. The van der Waals surface area contributed by atoms with Gasteiger partial charge in [0.25, 0.3) is 0 Å². The van der Waals surface area contributed by atoms with Gasteiger partial charge in [-0.3, -0.25) is 9.59 Å². The molecule has 4 atom stereocenters. The highest BCUT2D eigenvalue weighted by molar-refractivity contribution is 5.83. The number of amides is 2. The standard InChI is InChI=1S/C24H38N2O2/c1-15(21-11-16-4-5-20(21)10-16)26-22(27)3-2-6-25-23(28)24-12-17-7-18(13-24)9-19(8-17)14-24/h15-21H,2-14H2,1H3,(H,25,28)(H,26,27). The Morgan fingerprint density at radius 1 is 0.929 bits per heavy atom. The van der Waals surface area contributed by atoms with Crippen LogP contribution in [0.25, 0.3) is 0 Å². The molecule has 6 aliphatic carbocycles. The Balaban J connectivity index is 1.03. The van der Waals surface area contributed by atoms with Gasteiger partial charge in [-0.25, -0.2) is 0 Å². The van der Waals surface area contributed by atoms with Crippen molar-refractivity contribution in [1.29, 1.82) is 0 Å². The molecule has 0 saturated heterocycles. The van der Waals surface area contributed by atoms with Crippen LogP contribution >= 0.6 is 0 Å². The summed E-state index contributed by atoms with van der Waals surface area (Å²) >= 11 is 0. The number of hydrogen-bond acceptors (Lipinski definition) is 2. The van der Waals surface area contributed by atoms with Crippen LogP contribution < -0.4 is 10.6 Å². The maximum Gasteiger partial charge on any atom is 0.226 e. The van der Waals surface area contributed by atoms with Crippen LogP contribution in [0.1, 0.15) is 84.0 Å². The number of fused-ring (bicyclic) bond motifs is 2. The average Bonchev–Trinajstić information content (AvgIpc) is 3.27. The normalized spacial score (nSPS) is 43.9. The second-order valence-corrected chi connectivity index (χ2v) is 11.3. The monoisotopic (exact) mass is 386 g/mol. The number of nitrogens with one attached hydrogen (secondary N) is 2. The molecule has 0 aliphatic heterocycles. The molecule has 0 aromatic rings. The topological polar surface area (TPSA) is 58.2 Å². The van der Waals surface area contributed by atoms with Crippen LogP contribution in [-0.4, -0.2) is 24.4 Å². The molecule has 6 rings (SSSR count). The molecule has 4 heteroatoms. The van der Waals surface area contributed by atoms with E-state index in [1.54, 1.807) is 0 Å². The van der Waals surface area contributed by atoms with Gasteiger partial charge in [0.05, 0.1) is 0 Å². The molecule has 6 fully saturated rings. The predicted octanol–water partition coefficient (Wildman–Crippen LogP) is 4.04. The lowest BCUT2D eigenvalue weighted by atomic mass is 9.49. The number of hydrogen-bond donors (Lipinski definition) is 2. The highest BCUT2D eigenvalue weighted by Gasteiger charge is 2.54. The van der Waals surface area contributed by atoms with Crippen molar-refractivity contribution >= 4 is 11.8 Å². The van der Waals surface area contributed by atoms with E-state index in [1.807, 2.05) is 0 Å². The van der Waals surface area contributed by atoms with E-state index in [-0.39, 0.29) is 11.3 Å². The molecule has 0 radical (unpaired) electrons. The van der Waals surface area contributed by atoms with Crippen molar-refractivity contribution in [3.63, 3.8) is 0 Å². The molecule has 6 bridgehead atoms. The predicted molar refractivity (Wildman–Crippen MR) is 109 cm³/mol. The molecule has 4 nitrogen and oxygen atoms in total. The molecule has 6 saturated carbocycles. The van der Waals surface area contributed by atoms with Crippen LogP contribution in [-0.2, 0) is 9.59 Å². The molecule has 2 N–H and O–H groups in total. The zero-order valence-corrected chi connectivity index (χ0v) is 17.6. The van der Waals surface area contributed by atoms with Gasteiger partial charge in [0.15, 0.2) is 0 Å². The van der Waals surface area contributed by atoms with Gasteiger partial charge in [-0.15, -0.1) is 0 Å². The smallest absolute Gasteiger partial charge is 0.226 e. The summed E-state index contributed by atoms with van der Waals surface area (Å²) in [6.45, 7) is 2.84. The van der Waals surface area contributed by atoms with E-state index in [4.69, 9.17) is 0 Å². The van der Waals surface area contributed by atoms with Crippen LogP contribution in [0.3, 0.4) is 0 Å². The zero-order valence-electron chi connectivity index (χ0n) is 17.6. The fourth-order valence-electron chi connectivity index (χ4n) is 8.37. The van der Waals surface area contributed by atoms with Gasteiger partial charge in [0.2, 0.25) is 11.8 Å². The van der Waals surface area contributed by atoms with Crippen LogP contribution in [0.4, 0.5) is 0 Å². The first kappa shape index (κ1) is 18.9. The van der Waals surface area contributed by atoms with E-state index in [9.17, 15) is 9.59 Å². The van der Waals surface area contributed by atoms with E-state index in [0.29, 0.717) is 30.8 Å². The Hall–Kier alpha value is -1.06. The summed E-state index contributed by atoms with van der Waals surface area (Å²) in [5.41, 5.74) is -0.0622. The summed E-state index contributed by atoms with van der Waals surface area (Å²) in [6.07, 6.45) is 14.2. The maximum absolute atomic E-state index is 13.0. The van der Waals surface area contributed by atoms with Crippen molar-refractivity contribution in [1.82, 2.24) is 10.6 Å². The minimum absolute atomic E-state index is 0.0622. The minimum atomic E-state index is -0.0622. The molecule has 0 heterocycles. The van der Waals surface area contributed by atoms with Crippen molar-refractivity contribution in [2.75, 3.05) is 6.54 Å². The molecular formula is C24H38N2O2. The lowest BCUT2D eigenvalue weighted by Gasteiger charge is -2.55. The Bertz CT molecular complexity index is 595. The van der Waals surface area contributed by atoms with Crippen molar-refractivity contribution in [2.45, 2.75) is 90.0 Å². The summed E-state index contributed by atoms with van der Waals surface area (Å²) in [4.78, 5) is 25.3. The maximum atomic E-state index is 13.0. The molecule has 2 amide bonds. The van der Waals surface area contributed by atoms with Gasteiger partial charge in [-0.1, -0.05) is 6.42 Å². The molecule has 0 spiro atoms. The summed E-state index contributed by atoms with van der Waals surface area (Å²) in [6, 6.07) is 0.310. The third-order valence-corrected chi connectivity index (χ3v) is 9.21. The molecular weight excluding hydrogens is 348 g/mol. The third-order valence-electron chi connectivity index (χ3n) is 9.21. The van der Waals surface area contributed by atoms with Crippen molar-refractivity contribution in [3.05, 3.63) is 0 Å². The Kier molecular flexibility index (Phi) is 4.95. The second kappa shape index (κ2) is 7.32. The summed E-state index contributed by atoms with van der Waals surface area (Å²) in [5.74, 6) is 5.33. The average molecular weight is 387 g/mol. The Morgan fingerprint density at radius 3 is 2.18 bits per heavy atom. The van der Waals surface area contributed by atoms with Crippen LogP contribution in [0, 0.1) is 40.9 Å². The largest absolute Gasteiger partial charge is 0.356 e. The Morgan fingerprint density at radius 2 is 1.61 bits per heavy atom. The first-order valence-corrected chi connectivity index (χ1v) is 12.1.